The molecule has 146 valence electrons. The lowest BCUT2D eigenvalue weighted by atomic mass is 10.0. The van der Waals surface area contributed by atoms with E-state index < -0.39 is 18.5 Å². The van der Waals surface area contributed by atoms with Gasteiger partial charge in [0.15, 0.2) is 6.61 Å². The van der Waals surface area contributed by atoms with Crippen LogP contribution in [0.4, 0.5) is 5.69 Å². The Bertz CT molecular complexity index is 1150. The van der Waals surface area contributed by atoms with Crippen molar-refractivity contribution >= 4 is 40.1 Å². The molecule has 2 aromatic carbocycles. The number of aryl methyl sites for hydroxylation is 1. The number of benzene rings is 2. The molecule has 0 saturated carbocycles. The minimum Gasteiger partial charge on any atom is -0.452 e. The molecule has 3 aromatic rings. The van der Waals surface area contributed by atoms with Crippen molar-refractivity contribution in [3.05, 3.63) is 69.9 Å². The van der Waals surface area contributed by atoms with Crippen LogP contribution >= 0.6 is 11.6 Å². The number of nitrogens with zero attached hydrogens (tertiary/aromatic N) is 2. The average molecular weight is 408 g/mol. The van der Waals surface area contributed by atoms with Crippen molar-refractivity contribution in [3.8, 4) is 6.07 Å². The van der Waals surface area contributed by atoms with Gasteiger partial charge in [-0.15, -0.1) is 0 Å². The maximum Gasteiger partial charge on any atom is 0.339 e. The summed E-state index contributed by atoms with van der Waals surface area (Å²) in [4.78, 5) is 29.5. The minimum absolute atomic E-state index is 0.230. The molecule has 7 heteroatoms. The van der Waals surface area contributed by atoms with Crippen LogP contribution in [0.15, 0.2) is 42.5 Å². The standard InChI is InChI=1S/C22H18ClN3O3/c1-3-18-13(2)21(16-6-4-5-7-19(16)26-18)22(28)29-12-20(27)25-15-9-8-14(11-24)17(23)10-15/h4-10H,3,12H2,1-2H3,(H,25,27). The highest BCUT2D eigenvalue weighted by atomic mass is 35.5. The van der Waals surface area contributed by atoms with Crippen LogP contribution in [0, 0.1) is 18.3 Å². The molecule has 6 nitrogen and oxygen atoms in total. The van der Waals surface area contributed by atoms with Crippen molar-refractivity contribution in [3.63, 3.8) is 0 Å². The highest BCUT2D eigenvalue weighted by molar-refractivity contribution is 6.32. The maximum absolute atomic E-state index is 12.8. The zero-order valence-corrected chi connectivity index (χ0v) is 16.7. The Balaban J connectivity index is 1.76. The Morgan fingerprint density at radius 3 is 2.69 bits per heavy atom. The highest BCUT2D eigenvalue weighted by Gasteiger charge is 2.19. The topological polar surface area (TPSA) is 92.1 Å². The number of aromatic nitrogens is 1. The summed E-state index contributed by atoms with van der Waals surface area (Å²) in [6.07, 6.45) is 0.677. The lowest BCUT2D eigenvalue weighted by Crippen LogP contribution is -2.21. The van der Waals surface area contributed by atoms with Crippen molar-refractivity contribution in [2.75, 3.05) is 11.9 Å². The molecule has 1 heterocycles. The number of nitriles is 1. The molecule has 0 aliphatic heterocycles. The summed E-state index contributed by atoms with van der Waals surface area (Å²) in [5.41, 5.74) is 3.40. The number of hydrogen-bond donors (Lipinski definition) is 1. The molecule has 29 heavy (non-hydrogen) atoms. The van der Waals surface area contributed by atoms with Gasteiger partial charge in [-0.3, -0.25) is 9.78 Å². The van der Waals surface area contributed by atoms with Crippen LogP contribution in [-0.4, -0.2) is 23.5 Å². The molecule has 0 fully saturated rings. The zero-order chi connectivity index (χ0) is 21.0. The Hall–Kier alpha value is -3.43. The third-order valence-electron chi connectivity index (χ3n) is 4.48. The van der Waals surface area contributed by atoms with E-state index in [1.165, 1.54) is 12.1 Å². The van der Waals surface area contributed by atoms with Crippen molar-refractivity contribution in [1.82, 2.24) is 4.98 Å². The number of anilines is 1. The van der Waals surface area contributed by atoms with E-state index in [0.29, 0.717) is 34.1 Å². The highest BCUT2D eigenvalue weighted by Crippen LogP contribution is 2.24. The first-order valence-corrected chi connectivity index (χ1v) is 9.37. The second kappa shape index (κ2) is 8.72. The van der Waals surface area contributed by atoms with E-state index in [4.69, 9.17) is 21.6 Å². The zero-order valence-electron chi connectivity index (χ0n) is 16.0. The quantitative estimate of drug-likeness (QED) is 0.632. The number of pyridine rings is 1. The van der Waals surface area contributed by atoms with Gasteiger partial charge in [0.2, 0.25) is 0 Å². The SMILES string of the molecule is CCc1nc2ccccc2c(C(=O)OCC(=O)Nc2ccc(C#N)c(Cl)c2)c1C. The van der Waals surface area contributed by atoms with Crippen LogP contribution in [0.2, 0.25) is 5.02 Å². The Kier molecular flexibility index (Phi) is 6.10. The van der Waals surface area contributed by atoms with Gasteiger partial charge in [-0.25, -0.2) is 4.79 Å². The maximum atomic E-state index is 12.8. The van der Waals surface area contributed by atoms with Crippen LogP contribution in [-0.2, 0) is 16.0 Å². The van der Waals surface area contributed by atoms with E-state index in [1.807, 2.05) is 44.2 Å². The molecule has 3 rings (SSSR count). The Morgan fingerprint density at radius 2 is 2.00 bits per heavy atom. The van der Waals surface area contributed by atoms with Crippen molar-refractivity contribution in [1.29, 1.82) is 5.26 Å². The molecule has 0 radical (unpaired) electrons. The summed E-state index contributed by atoms with van der Waals surface area (Å²) in [5, 5.41) is 12.4. The van der Waals surface area contributed by atoms with Crippen molar-refractivity contribution in [2.45, 2.75) is 20.3 Å². The van der Waals surface area contributed by atoms with E-state index in [1.54, 1.807) is 6.07 Å². The molecule has 0 bridgehead atoms. The number of rotatable bonds is 5. The van der Waals surface area contributed by atoms with E-state index in [2.05, 4.69) is 10.3 Å². The molecular weight excluding hydrogens is 390 g/mol. The Labute approximate surface area is 173 Å². The smallest absolute Gasteiger partial charge is 0.339 e. The van der Waals surface area contributed by atoms with Crippen LogP contribution < -0.4 is 5.32 Å². The van der Waals surface area contributed by atoms with E-state index in [0.717, 1.165) is 11.3 Å². The van der Waals surface area contributed by atoms with Crippen molar-refractivity contribution in [2.24, 2.45) is 0 Å². The summed E-state index contributed by atoms with van der Waals surface area (Å²) in [6.45, 7) is 3.34. The molecule has 0 unspecified atom stereocenters. The van der Waals surface area contributed by atoms with Crippen LogP contribution in [0.3, 0.4) is 0 Å². The summed E-state index contributed by atoms with van der Waals surface area (Å²) in [5.74, 6) is -1.09. The summed E-state index contributed by atoms with van der Waals surface area (Å²) >= 11 is 5.96. The third-order valence-corrected chi connectivity index (χ3v) is 4.80. The number of carbonyl (C=O) groups excluding carboxylic acids is 2. The number of fused-ring (bicyclic) bond motifs is 1. The molecule has 1 aromatic heterocycles. The number of amides is 1. The lowest BCUT2D eigenvalue weighted by Gasteiger charge is -2.13. The fraction of sp³-hybridized carbons (Fsp3) is 0.182. The van der Waals surface area contributed by atoms with Gasteiger partial charge in [0.05, 0.1) is 21.7 Å². The van der Waals surface area contributed by atoms with Gasteiger partial charge in [0.25, 0.3) is 5.91 Å². The Morgan fingerprint density at radius 1 is 1.24 bits per heavy atom. The molecule has 0 aliphatic rings. The van der Waals surface area contributed by atoms with Gasteiger partial charge in [-0.2, -0.15) is 5.26 Å². The van der Waals surface area contributed by atoms with Crippen LogP contribution in [0.1, 0.15) is 34.1 Å². The molecule has 0 saturated heterocycles. The summed E-state index contributed by atoms with van der Waals surface area (Å²) in [7, 11) is 0. The summed E-state index contributed by atoms with van der Waals surface area (Å²) < 4.78 is 5.26. The second-order valence-electron chi connectivity index (χ2n) is 6.36. The van der Waals surface area contributed by atoms with E-state index in [-0.39, 0.29) is 5.02 Å². The molecule has 0 aliphatic carbocycles. The van der Waals surface area contributed by atoms with Gasteiger partial charge in [-0.1, -0.05) is 36.7 Å². The molecular formula is C22H18ClN3O3. The minimum atomic E-state index is -0.580. The number of esters is 1. The van der Waals surface area contributed by atoms with Crippen LogP contribution in [0.5, 0.6) is 0 Å². The number of halogens is 1. The number of ether oxygens (including phenoxy) is 1. The fourth-order valence-electron chi connectivity index (χ4n) is 3.05. The number of carbonyl (C=O) groups is 2. The average Bonchev–Trinajstić information content (AvgIpc) is 2.71. The van der Waals surface area contributed by atoms with Crippen LogP contribution in [0.25, 0.3) is 10.9 Å². The van der Waals surface area contributed by atoms with Crippen molar-refractivity contribution < 1.29 is 14.3 Å². The second-order valence-corrected chi connectivity index (χ2v) is 6.77. The first-order chi connectivity index (χ1) is 13.9. The molecule has 1 amide bonds. The van der Waals surface area contributed by atoms with Gasteiger partial charge in [0, 0.05) is 16.8 Å². The predicted molar refractivity (Wildman–Crippen MR) is 111 cm³/mol. The third kappa shape index (κ3) is 4.36. The van der Waals surface area contributed by atoms with Gasteiger partial charge in [-0.05, 0) is 43.2 Å². The number of para-hydroxylation sites is 1. The van der Waals surface area contributed by atoms with E-state index >= 15 is 0 Å². The first-order valence-electron chi connectivity index (χ1n) is 8.99. The normalized spacial score (nSPS) is 10.4. The van der Waals surface area contributed by atoms with E-state index in [9.17, 15) is 9.59 Å². The lowest BCUT2D eigenvalue weighted by molar-refractivity contribution is -0.119. The number of hydrogen-bond acceptors (Lipinski definition) is 5. The fourth-order valence-corrected chi connectivity index (χ4v) is 3.27. The number of nitrogens with one attached hydrogen (secondary N) is 1. The first kappa shape index (κ1) is 20.3. The molecule has 0 atom stereocenters. The van der Waals surface area contributed by atoms with Gasteiger partial charge < -0.3 is 10.1 Å². The monoisotopic (exact) mass is 407 g/mol. The predicted octanol–water partition coefficient (Wildman–Crippen LogP) is 4.43. The van der Waals surface area contributed by atoms with Gasteiger partial charge >= 0.3 is 5.97 Å². The molecule has 0 spiro atoms. The van der Waals surface area contributed by atoms with Gasteiger partial charge in [0.1, 0.15) is 6.07 Å². The molecule has 1 N–H and O–H groups in total. The largest absolute Gasteiger partial charge is 0.452 e. The summed E-state index contributed by atoms with van der Waals surface area (Å²) in [6, 6.07) is 13.8.